The summed E-state index contributed by atoms with van der Waals surface area (Å²) in [5.41, 5.74) is 1.94. The Kier molecular flexibility index (Phi) is 5.33. The molecule has 6 heteroatoms. The van der Waals surface area contributed by atoms with Gasteiger partial charge < -0.3 is 5.11 Å². The van der Waals surface area contributed by atoms with Crippen molar-refractivity contribution in [1.29, 1.82) is 0 Å². The summed E-state index contributed by atoms with van der Waals surface area (Å²) in [5.74, 6) is 0. The van der Waals surface area contributed by atoms with Crippen molar-refractivity contribution in [3.63, 3.8) is 0 Å². The molecule has 2 N–H and O–H groups in total. The molecule has 0 aliphatic rings. The number of aliphatic hydroxyl groups is 1. The average molecular weight is 336 g/mol. The van der Waals surface area contributed by atoms with Gasteiger partial charge in [0.15, 0.2) is 0 Å². The van der Waals surface area contributed by atoms with E-state index >= 15 is 0 Å². The smallest absolute Gasteiger partial charge is 0.242 e. The second kappa shape index (κ2) is 6.14. The van der Waals surface area contributed by atoms with E-state index in [1.165, 1.54) is 0 Å². The SMILES string of the molecule is CCC(CO)NS(=O)(=O)c1cc(C)c(C)cc1Br. The summed E-state index contributed by atoms with van der Waals surface area (Å²) in [7, 11) is -3.61. The van der Waals surface area contributed by atoms with E-state index in [0.29, 0.717) is 10.9 Å². The molecule has 0 heterocycles. The Balaban J connectivity index is 3.16. The number of hydrogen-bond donors (Lipinski definition) is 2. The number of hydrogen-bond acceptors (Lipinski definition) is 3. The number of halogens is 1. The average Bonchev–Trinajstić information content (AvgIpc) is 2.30. The van der Waals surface area contributed by atoms with Gasteiger partial charge in [0.1, 0.15) is 0 Å². The first-order valence-electron chi connectivity index (χ1n) is 5.71. The van der Waals surface area contributed by atoms with Crippen LogP contribution in [0.2, 0.25) is 0 Å². The van der Waals surface area contributed by atoms with Crippen molar-refractivity contribution in [3.05, 3.63) is 27.7 Å². The third-order valence-corrected chi connectivity index (χ3v) is 5.35. The number of nitrogens with one attached hydrogen (secondary N) is 1. The Bertz CT molecular complexity index is 524. The van der Waals surface area contributed by atoms with Gasteiger partial charge in [-0.15, -0.1) is 0 Å². The van der Waals surface area contributed by atoms with Crippen molar-refractivity contribution in [2.45, 2.75) is 38.1 Å². The molecular weight excluding hydrogens is 318 g/mol. The van der Waals surface area contributed by atoms with E-state index in [0.717, 1.165) is 11.1 Å². The summed E-state index contributed by atoms with van der Waals surface area (Å²) in [5, 5.41) is 9.07. The predicted octanol–water partition coefficient (Wildman–Crippen LogP) is 2.12. The molecule has 0 fully saturated rings. The van der Waals surface area contributed by atoms with Crippen LogP contribution in [0.5, 0.6) is 0 Å². The van der Waals surface area contributed by atoms with E-state index in [4.69, 9.17) is 5.11 Å². The summed E-state index contributed by atoms with van der Waals surface area (Å²) in [6.07, 6.45) is 0.540. The monoisotopic (exact) mass is 335 g/mol. The molecule has 0 aromatic heterocycles. The topological polar surface area (TPSA) is 66.4 Å². The molecule has 1 aromatic rings. The van der Waals surface area contributed by atoms with E-state index in [2.05, 4.69) is 20.7 Å². The number of sulfonamides is 1. The molecule has 1 aromatic carbocycles. The third kappa shape index (κ3) is 3.54. The predicted molar refractivity (Wildman–Crippen MR) is 75.1 cm³/mol. The fourth-order valence-electron chi connectivity index (χ4n) is 1.49. The number of aliphatic hydroxyl groups excluding tert-OH is 1. The zero-order valence-electron chi connectivity index (χ0n) is 10.7. The van der Waals surface area contributed by atoms with Crippen LogP contribution in [-0.4, -0.2) is 26.2 Å². The van der Waals surface area contributed by atoms with Crippen LogP contribution >= 0.6 is 15.9 Å². The van der Waals surface area contributed by atoms with Gasteiger partial charge >= 0.3 is 0 Å². The highest BCUT2D eigenvalue weighted by molar-refractivity contribution is 9.10. The van der Waals surface area contributed by atoms with Crippen LogP contribution in [0.4, 0.5) is 0 Å². The van der Waals surface area contributed by atoms with Crippen molar-refractivity contribution in [2.75, 3.05) is 6.61 Å². The lowest BCUT2D eigenvalue weighted by Crippen LogP contribution is -2.37. The molecule has 0 amide bonds. The van der Waals surface area contributed by atoms with Gasteiger partial charge in [-0.05, 0) is 59.5 Å². The fraction of sp³-hybridized carbons (Fsp3) is 0.500. The summed E-state index contributed by atoms with van der Waals surface area (Å²) >= 11 is 3.27. The van der Waals surface area contributed by atoms with E-state index < -0.39 is 16.1 Å². The number of aryl methyl sites for hydroxylation is 2. The summed E-state index contributed by atoms with van der Waals surface area (Å²) < 4.78 is 27.4. The van der Waals surface area contributed by atoms with Crippen molar-refractivity contribution in [3.8, 4) is 0 Å². The molecule has 0 aliphatic heterocycles. The van der Waals surface area contributed by atoms with Gasteiger partial charge in [-0.2, -0.15) is 0 Å². The maximum atomic E-state index is 12.2. The minimum atomic E-state index is -3.61. The normalized spacial score (nSPS) is 13.6. The lowest BCUT2D eigenvalue weighted by Gasteiger charge is -2.16. The second-order valence-corrected chi connectivity index (χ2v) is 6.81. The highest BCUT2D eigenvalue weighted by Crippen LogP contribution is 2.25. The quantitative estimate of drug-likeness (QED) is 0.866. The molecule has 0 saturated carbocycles. The van der Waals surface area contributed by atoms with Crippen LogP contribution in [0.3, 0.4) is 0 Å². The molecule has 1 atom stereocenters. The molecule has 102 valence electrons. The van der Waals surface area contributed by atoms with E-state index in [9.17, 15) is 8.42 Å². The Morgan fingerprint density at radius 3 is 2.39 bits per heavy atom. The van der Waals surface area contributed by atoms with Crippen LogP contribution in [-0.2, 0) is 10.0 Å². The van der Waals surface area contributed by atoms with Gasteiger partial charge in [-0.3, -0.25) is 0 Å². The molecule has 4 nitrogen and oxygen atoms in total. The van der Waals surface area contributed by atoms with Crippen molar-refractivity contribution in [2.24, 2.45) is 0 Å². The van der Waals surface area contributed by atoms with Crippen molar-refractivity contribution >= 4 is 26.0 Å². The second-order valence-electron chi connectivity index (χ2n) is 4.28. The minimum absolute atomic E-state index is 0.206. The summed E-state index contributed by atoms with van der Waals surface area (Å²) in [6.45, 7) is 5.40. The molecule has 18 heavy (non-hydrogen) atoms. The van der Waals surface area contributed by atoms with Crippen LogP contribution in [0.1, 0.15) is 24.5 Å². The molecular formula is C12H18BrNO3S. The maximum Gasteiger partial charge on any atom is 0.242 e. The van der Waals surface area contributed by atoms with Gasteiger partial charge in [0.2, 0.25) is 10.0 Å². The van der Waals surface area contributed by atoms with Crippen LogP contribution in [0, 0.1) is 13.8 Å². The van der Waals surface area contributed by atoms with Gasteiger partial charge in [0.25, 0.3) is 0 Å². The molecule has 0 saturated heterocycles. The number of rotatable bonds is 5. The molecule has 0 aliphatic carbocycles. The van der Waals surface area contributed by atoms with Crippen LogP contribution < -0.4 is 4.72 Å². The zero-order valence-corrected chi connectivity index (χ0v) is 13.1. The van der Waals surface area contributed by atoms with Crippen molar-refractivity contribution < 1.29 is 13.5 Å². The fourth-order valence-corrected chi connectivity index (χ4v) is 4.04. The van der Waals surface area contributed by atoms with E-state index in [-0.39, 0.29) is 11.5 Å². The largest absolute Gasteiger partial charge is 0.395 e. The minimum Gasteiger partial charge on any atom is -0.395 e. The van der Waals surface area contributed by atoms with Gasteiger partial charge in [0, 0.05) is 10.5 Å². The number of benzene rings is 1. The van der Waals surface area contributed by atoms with Gasteiger partial charge in [-0.25, -0.2) is 13.1 Å². The van der Waals surface area contributed by atoms with E-state index in [1.54, 1.807) is 12.1 Å². The summed E-state index contributed by atoms with van der Waals surface area (Å²) in [4.78, 5) is 0.206. The molecule has 1 unspecified atom stereocenters. The maximum absolute atomic E-state index is 12.2. The Labute approximate surface area is 117 Å². The van der Waals surface area contributed by atoms with E-state index in [1.807, 2.05) is 20.8 Å². The zero-order chi connectivity index (χ0) is 13.9. The standard InChI is InChI=1S/C12H18BrNO3S/c1-4-10(7-15)14-18(16,17)12-6-9(3)8(2)5-11(12)13/h5-6,10,14-15H,4,7H2,1-3H3. The van der Waals surface area contributed by atoms with Gasteiger partial charge in [0.05, 0.1) is 11.5 Å². The van der Waals surface area contributed by atoms with Crippen molar-refractivity contribution in [1.82, 2.24) is 4.72 Å². The molecule has 0 radical (unpaired) electrons. The first-order chi connectivity index (χ1) is 8.31. The van der Waals surface area contributed by atoms with Crippen LogP contribution in [0.25, 0.3) is 0 Å². The molecule has 0 spiro atoms. The lowest BCUT2D eigenvalue weighted by atomic mass is 10.1. The molecule has 1 rings (SSSR count). The first kappa shape index (κ1) is 15.6. The third-order valence-electron chi connectivity index (χ3n) is 2.87. The highest BCUT2D eigenvalue weighted by atomic mass is 79.9. The highest BCUT2D eigenvalue weighted by Gasteiger charge is 2.21. The Morgan fingerprint density at radius 1 is 1.33 bits per heavy atom. The summed E-state index contributed by atoms with van der Waals surface area (Å²) in [6, 6.07) is 2.96. The Morgan fingerprint density at radius 2 is 1.89 bits per heavy atom. The first-order valence-corrected chi connectivity index (χ1v) is 7.99. The Hall–Kier alpha value is -0.430. The van der Waals surface area contributed by atoms with Crippen LogP contribution in [0.15, 0.2) is 21.5 Å². The molecule has 0 bridgehead atoms. The van der Waals surface area contributed by atoms with Gasteiger partial charge in [-0.1, -0.05) is 6.92 Å². The lowest BCUT2D eigenvalue weighted by molar-refractivity contribution is 0.254.